The minimum Gasteiger partial charge on any atom is -0.385 e. The topological polar surface area (TPSA) is 47.0 Å². The molecule has 1 aromatic rings. The summed E-state index contributed by atoms with van der Waals surface area (Å²) in [6.45, 7) is 6.77. The quantitative estimate of drug-likeness (QED) is 0.805. The molecule has 0 fully saturated rings. The molecule has 1 aromatic heterocycles. The fourth-order valence-electron chi connectivity index (χ4n) is 1.27. The van der Waals surface area contributed by atoms with E-state index in [1.165, 1.54) is 0 Å². The molecule has 0 aliphatic heterocycles. The molecule has 1 heterocycles. The number of anilines is 1. The standard InChI is InChI=1S/C11H19N3O/c1-8(5-6-15-4)13-11-10(3)12-7-9(2)14-11/h7-8H,5-6H2,1-4H3,(H,13,14). The van der Waals surface area contributed by atoms with E-state index in [1.54, 1.807) is 13.3 Å². The third-order valence-electron chi connectivity index (χ3n) is 2.21. The van der Waals surface area contributed by atoms with Crippen molar-refractivity contribution in [3.63, 3.8) is 0 Å². The number of aryl methyl sites for hydroxylation is 2. The average Bonchev–Trinajstić information content (AvgIpc) is 2.20. The van der Waals surface area contributed by atoms with Crippen molar-refractivity contribution in [3.8, 4) is 0 Å². The third kappa shape index (κ3) is 3.83. The zero-order valence-electron chi connectivity index (χ0n) is 9.87. The van der Waals surface area contributed by atoms with E-state index >= 15 is 0 Å². The first-order chi connectivity index (χ1) is 7.13. The maximum absolute atomic E-state index is 5.03. The molecule has 1 unspecified atom stereocenters. The second-order valence-electron chi connectivity index (χ2n) is 3.77. The number of ether oxygens (including phenoxy) is 1. The van der Waals surface area contributed by atoms with Crippen LogP contribution in [0.1, 0.15) is 24.7 Å². The minimum absolute atomic E-state index is 0.347. The van der Waals surface area contributed by atoms with Gasteiger partial charge in [0.25, 0.3) is 0 Å². The number of methoxy groups -OCH3 is 1. The molecule has 0 spiro atoms. The molecule has 1 atom stereocenters. The fourth-order valence-corrected chi connectivity index (χ4v) is 1.27. The zero-order valence-corrected chi connectivity index (χ0v) is 9.87. The van der Waals surface area contributed by atoms with Crippen molar-refractivity contribution in [2.75, 3.05) is 19.0 Å². The summed E-state index contributed by atoms with van der Waals surface area (Å²) in [6, 6.07) is 0.347. The Balaban J connectivity index is 2.59. The maximum Gasteiger partial charge on any atom is 0.147 e. The van der Waals surface area contributed by atoms with Crippen molar-refractivity contribution in [3.05, 3.63) is 17.6 Å². The lowest BCUT2D eigenvalue weighted by atomic mass is 10.2. The molecule has 1 N–H and O–H groups in total. The number of rotatable bonds is 5. The molecule has 84 valence electrons. The van der Waals surface area contributed by atoms with Crippen LogP contribution in [0.3, 0.4) is 0 Å². The number of hydrogen-bond acceptors (Lipinski definition) is 4. The molecular weight excluding hydrogens is 190 g/mol. The van der Waals surface area contributed by atoms with E-state index in [0.29, 0.717) is 6.04 Å². The van der Waals surface area contributed by atoms with E-state index in [4.69, 9.17) is 4.74 Å². The van der Waals surface area contributed by atoms with Gasteiger partial charge in [-0.2, -0.15) is 0 Å². The smallest absolute Gasteiger partial charge is 0.147 e. The Morgan fingerprint density at radius 3 is 2.87 bits per heavy atom. The van der Waals surface area contributed by atoms with Crippen molar-refractivity contribution in [1.29, 1.82) is 0 Å². The Bertz CT molecular complexity index is 315. The predicted molar refractivity (Wildman–Crippen MR) is 61.1 cm³/mol. The molecule has 0 bridgehead atoms. The van der Waals surface area contributed by atoms with Gasteiger partial charge >= 0.3 is 0 Å². The van der Waals surface area contributed by atoms with Crippen molar-refractivity contribution >= 4 is 5.82 Å². The first kappa shape index (κ1) is 11.9. The molecule has 0 saturated carbocycles. The molecule has 0 radical (unpaired) electrons. The van der Waals surface area contributed by atoms with Crippen LogP contribution in [0.2, 0.25) is 0 Å². The lowest BCUT2D eigenvalue weighted by Crippen LogP contribution is -2.19. The Labute approximate surface area is 91.1 Å². The van der Waals surface area contributed by atoms with Gasteiger partial charge in [0.15, 0.2) is 0 Å². The van der Waals surface area contributed by atoms with Gasteiger partial charge in [-0.3, -0.25) is 4.98 Å². The second kappa shape index (κ2) is 5.66. The Kier molecular flexibility index (Phi) is 4.49. The van der Waals surface area contributed by atoms with E-state index in [-0.39, 0.29) is 0 Å². The zero-order chi connectivity index (χ0) is 11.3. The highest BCUT2D eigenvalue weighted by atomic mass is 16.5. The van der Waals surface area contributed by atoms with E-state index < -0.39 is 0 Å². The Hall–Kier alpha value is -1.16. The van der Waals surface area contributed by atoms with Crippen molar-refractivity contribution in [1.82, 2.24) is 9.97 Å². The van der Waals surface area contributed by atoms with Crippen LogP contribution < -0.4 is 5.32 Å². The molecule has 0 amide bonds. The highest BCUT2D eigenvalue weighted by Gasteiger charge is 2.06. The van der Waals surface area contributed by atoms with Gasteiger partial charge < -0.3 is 10.1 Å². The van der Waals surface area contributed by atoms with Crippen LogP contribution in [0.5, 0.6) is 0 Å². The van der Waals surface area contributed by atoms with Crippen LogP contribution in [0.15, 0.2) is 6.20 Å². The molecule has 4 nitrogen and oxygen atoms in total. The summed E-state index contributed by atoms with van der Waals surface area (Å²) in [5.74, 6) is 0.874. The van der Waals surface area contributed by atoms with Crippen molar-refractivity contribution in [2.45, 2.75) is 33.2 Å². The summed E-state index contributed by atoms with van der Waals surface area (Å²) in [4.78, 5) is 8.66. The van der Waals surface area contributed by atoms with Crippen LogP contribution >= 0.6 is 0 Å². The lowest BCUT2D eigenvalue weighted by Gasteiger charge is -2.15. The van der Waals surface area contributed by atoms with Crippen LogP contribution in [-0.4, -0.2) is 29.7 Å². The summed E-state index contributed by atoms with van der Waals surface area (Å²) >= 11 is 0. The predicted octanol–water partition coefficient (Wildman–Crippen LogP) is 1.93. The summed E-state index contributed by atoms with van der Waals surface area (Å²) in [7, 11) is 1.71. The summed E-state index contributed by atoms with van der Waals surface area (Å²) in [6.07, 6.45) is 2.74. The van der Waals surface area contributed by atoms with Gasteiger partial charge in [-0.15, -0.1) is 0 Å². The maximum atomic E-state index is 5.03. The number of aromatic nitrogens is 2. The Morgan fingerprint density at radius 2 is 2.20 bits per heavy atom. The van der Waals surface area contributed by atoms with E-state index in [9.17, 15) is 0 Å². The molecule has 0 saturated heterocycles. The van der Waals surface area contributed by atoms with E-state index in [0.717, 1.165) is 30.2 Å². The molecule has 1 rings (SSSR count). The largest absolute Gasteiger partial charge is 0.385 e. The molecule has 4 heteroatoms. The van der Waals surface area contributed by atoms with Crippen LogP contribution in [0.25, 0.3) is 0 Å². The van der Waals surface area contributed by atoms with Gasteiger partial charge in [0.1, 0.15) is 5.82 Å². The highest BCUT2D eigenvalue weighted by molar-refractivity contribution is 5.40. The first-order valence-corrected chi connectivity index (χ1v) is 5.19. The monoisotopic (exact) mass is 209 g/mol. The second-order valence-corrected chi connectivity index (χ2v) is 3.77. The summed E-state index contributed by atoms with van der Waals surface area (Å²) in [5, 5.41) is 3.33. The van der Waals surface area contributed by atoms with Crippen LogP contribution in [0, 0.1) is 13.8 Å². The van der Waals surface area contributed by atoms with Gasteiger partial charge in [-0.1, -0.05) is 0 Å². The number of nitrogens with zero attached hydrogens (tertiary/aromatic N) is 2. The summed E-state index contributed by atoms with van der Waals surface area (Å²) in [5.41, 5.74) is 1.87. The van der Waals surface area contributed by atoms with Gasteiger partial charge in [0.05, 0.1) is 11.4 Å². The summed E-state index contributed by atoms with van der Waals surface area (Å²) < 4.78 is 5.03. The van der Waals surface area contributed by atoms with Crippen molar-refractivity contribution in [2.24, 2.45) is 0 Å². The molecule has 15 heavy (non-hydrogen) atoms. The van der Waals surface area contributed by atoms with E-state index in [1.807, 2.05) is 13.8 Å². The minimum atomic E-state index is 0.347. The van der Waals surface area contributed by atoms with Crippen LogP contribution in [0.4, 0.5) is 5.82 Å². The number of nitrogens with one attached hydrogen (secondary N) is 1. The highest BCUT2D eigenvalue weighted by Crippen LogP contribution is 2.11. The average molecular weight is 209 g/mol. The molecule has 0 aromatic carbocycles. The van der Waals surface area contributed by atoms with Gasteiger partial charge in [-0.25, -0.2) is 4.98 Å². The van der Waals surface area contributed by atoms with Gasteiger partial charge in [0.2, 0.25) is 0 Å². The van der Waals surface area contributed by atoms with E-state index in [2.05, 4.69) is 22.2 Å². The molecule has 0 aliphatic rings. The van der Waals surface area contributed by atoms with Crippen molar-refractivity contribution < 1.29 is 4.74 Å². The molecule has 0 aliphatic carbocycles. The fraction of sp³-hybridized carbons (Fsp3) is 0.636. The third-order valence-corrected chi connectivity index (χ3v) is 2.21. The number of hydrogen-bond donors (Lipinski definition) is 1. The SMILES string of the molecule is COCCC(C)Nc1nc(C)cnc1C. The first-order valence-electron chi connectivity index (χ1n) is 5.19. The normalized spacial score (nSPS) is 12.5. The van der Waals surface area contributed by atoms with Gasteiger partial charge in [0, 0.05) is 26.0 Å². The van der Waals surface area contributed by atoms with Gasteiger partial charge in [-0.05, 0) is 27.2 Å². The molecular formula is C11H19N3O. The Morgan fingerprint density at radius 1 is 1.47 bits per heavy atom. The van der Waals surface area contributed by atoms with Crippen LogP contribution in [-0.2, 0) is 4.74 Å². The lowest BCUT2D eigenvalue weighted by molar-refractivity contribution is 0.191.